The molecule has 2 nitrogen and oxygen atoms in total. The highest BCUT2D eigenvalue weighted by Crippen LogP contribution is 2.28. The van der Waals surface area contributed by atoms with Crippen molar-refractivity contribution in [1.29, 1.82) is 0 Å². The lowest BCUT2D eigenvalue weighted by Gasteiger charge is -2.33. The van der Waals surface area contributed by atoms with E-state index >= 15 is 0 Å². The second kappa shape index (κ2) is 6.07. The molecule has 18 heavy (non-hydrogen) atoms. The molecule has 0 radical (unpaired) electrons. The van der Waals surface area contributed by atoms with Crippen LogP contribution in [0.2, 0.25) is 0 Å². The molecule has 1 rings (SSSR count). The Morgan fingerprint density at radius 3 is 2.06 bits per heavy atom. The fourth-order valence-electron chi connectivity index (χ4n) is 1.71. The van der Waals surface area contributed by atoms with Crippen molar-refractivity contribution in [2.45, 2.75) is 46.1 Å². The Labute approximate surface area is 119 Å². The summed E-state index contributed by atoms with van der Waals surface area (Å²) in [6.45, 7) is 8.89. The summed E-state index contributed by atoms with van der Waals surface area (Å²) in [5.74, 6) is 0. The summed E-state index contributed by atoms with van der Waals surface area (Å²) in [4.78, 5) is 0. The Bertz CT molecular complexity index is 369. The highest BCUT2D eigenvalue weighted by atomic mass is 79.9. The molecular formula is C15H24BrNO. The van der Waals surface area contributed by atoms with E-state index in [4.69, 9.17) is 0 Å². The third kappa shape index (κ3) is 5.40. The minimum Gasteiger partial charge on any atom is -0.394 e. The second-order valence-corrected chi connectivity index (χ2v) is 7.33. The van der Waals surface area contributed by atoms with Gasteiger partial charge in [-0.05, 0) is 49.4 Å². The van der Waals surface area contributed by atoms with Gasteiger partial charge in [0.25, 0.3) is 0 Å². The number of nitrogens with one attached hydrogen (secondary N) is 1. The molecule has 0 bridgehead atoms. The molecular weight excluding hydrogens is 290 g/mol. The number of hydrogen-bond donors (Lipinski definition) is 2. The monoisotopic (exact) mass is 313 g/mol. The fraction of sp³-hybridized carbons (Fsp3) is 0.600. The molecule has 1 atom stereocenters. The van der Waals surface area contributed by atoms with Gasteiger partial charge in [0.05, 0.1) is 12.1 Å². The van der Waals surface area contributed by atoms with Crippen molar-refractivity contribution in [1.82, 2.24) is 0 Å². The third-order valence-electron chi connectivity index (χ3n) is 3.07. The van der Waals surface area contributed by atoms with Crippen LogP contribution in [0.1, 0.15) is 40.5 Å². The van der Waals surface area contributed by atoms with Crippen LogP contribution in [0.5, 0.6) is 0 Å². The Morgan fingerprint density at radius 2 is 1.61 bits per heavy atom. The molecule has 2 N–H and O–H groups in total. The maximum atomic E-state index is 9.63. The van der Waals surface area contributed by atoms with E-state index < -0.39 is 0 Å². The van der Waals surface area contributed by atoms with Gasteiger partial charge in [0.2, 0.25) is 0 Å². The highest BCUT2D eigenvalue weighted by Gasteiger charge is 2.25. The molecule has 0 saturated heterocycles. The minimum absolute atomic E-state index is 0.138. The van der Waals surface area contributed by atoms with Crippen molar-refractivity contribution in [3.05, 3.63) is 28.7 Å². The lowest BCUT2D eigenvalue weighted by molar-refractivity contribution is 0.197. The number of anilines is 1. The van der Waals surface area contributed by atoms with Crippen LogP contribution in [0.3, 0.4) is 0 Å². The van der Waals surface area contributed by atoms with Crippen LogP contribution in [0, 0.1) is 5.41 Å². The van der Waals surface area contributed by atoms with Gasteiger partial charge in [-0.15, -0.1) is 0 Å². The summed E-state index contributed by atoms with van der Waals surface area (Å²) >= 11 is 3.42. The van der Waals surface area contributed by atoms with Gasteiger partial charge in [-0.2, -0.15) is 0 Å². The van der Waals surface area contributed by atoms with E-state index in [0.717, 1.165) is 23.0 Å². The standard InChI is InChI=1S/C15H24BrNO/c1-14(2,3)9-10-15(4,11-18)17-13-7-5-12(16)6-8-13/h5-8,17-18H,9-11H2,1-4H3. The first-order chi connectivity index (χ1) is 8.24. The normalized spacial score (nSPS) is 15.2. The van der Waals surface area contributed by atoms with Gasteiger partial charge >= 0.3 is 0 Å². The SMILES string of the molecule is CC(C)(C)CCC(C)(CO)Nc1ccc(Br)cc1. The molecule has 0 aromatic heterocycles. The van der Waals surface area contributed by atoms with Gasteiger partial charge in [0, 0.05) is 10.2 Å². The number of aliphatic hydroxyl groups is 1. The lowest BCUT2D eigenvalue weighted by Crippen LogP contribution is -2.39. The van der Waals surface area contributed by atoms with Crippen LogP contribution in [0.25, 0.3) is 0 Å². The van der Waals surface area contributed by atoms with E-state index in [9.17, 15) is 5.11 Å². The summed E-state index contributed by atoms with van der Waals surface area (Å²) < 4.78 is 1.06. The molecule has 0 fully saturated rings. The molecule has 0 aliphatic carbocycles. The maximum Gasteiger partial charge on any atom is 0.0658 e. The quantitative estimate of drug-likeness (QED) is 0.842. The predicted molar refractivity (Wildman–Crippen MR) is 81.9 cm³/mol. The van der Waals surface area contributed by atoms with Crippen LogP contribution >= 0.6 is 15.9 Å². The summed E-state index contributed by atoms with van der Waals surface area (Å²) in [5, 5.41) is 13.1. The molecule has 0 aliphatic rings. The molecule has 0 spiro atoms. The molecule has 1 unspecified atom stereocenters. The predicted octanol–water partition coefficient (Wildman–Crippen LogP) is 4.44. The number of rotatable bonds is 5. The smallest absolute Gasteiger partial charge is 0.0658 e. The Hall–Kier alpha value is -0.540. The molecule has 0 aliphatic heterocycles. The zero-order valence-electron chi connectivity index (χ0n) is 11.8. The number of aliphatic hydroxyl groups excluding tert-OH is 1. The number of hydrogen-bond acceptors (Lipinski definition) is 2. The largest absolute Gasteiger partial charge is 0.394 e. The van der Waals surface area contributed by atoms with Crippen molar-refractivity contribution in [3.63, 3.8) is 0 Å². The molecule has 3 heteroatoms. The number of benzene rings is 1. The average Bonchev–Trinajstić information content (AvgIpc) is 2.29. The molecule has 0 amide bonds. The van der Waals surface area contributed by atoms with Gasteiger partial charge in [-0.3, -0.25) is 0 Å². The zero-order chi connectivity index (χ0) is 13.8. The van der Waals surface area contributed by atoms with E-state index in [0.29, 0.717) is 0 Å². The fourth-order valence-corrected chi connectivity index (χ4v) is 1.98. The van der Waals surface area contributed by atoms with Crippen LogP contribution in [-0.4, -0.2) is 17.3 Å². The van der Waals surface area contributed by atoms with E-state index in [1.807, 2.05) is 24.3 Å². The Balaban J connectivity index is 2.67. The van der Waals surface area contributed by atoms with E-state index in [2.05, 4.69) is 48.9 Å². The molecule has 0 heterocycles. The van der Waals surface area contributed by atoms with Gasteiger partial charge in [0.1, 0.15) is 0 Å². The van der Waals surface area contributed by atoms with Crippen molar-refractivity contribution >= 4 is 21.6 Å². The number of halogens is 1. The van der Waals surface area contributed by atoms with Crippen LogP contribution in [0.4, 0.5) is 5.69 Å². The topological polar surface area (TPSA) is 32.3 Å². The molecule has 102 valence electrons. The van der Waals surface area contributed by atoms with Gasteiger partial charge in [0.15, 0.2) is 0 Å². The molecule has 0 saturated carbocycles. The molecule has 1 aromatic carbocycles. The van der Waals surface area contributed by atoms with Crippen molar-refractivity contribution in [2.75, 3.05) is 11.9 Å². The maximum absolute atomic E-state index is 9.63. The van der Waals surface area contributed by atoms with E-state index in [-0.39, 0.29) is 17.6 Å². The lowest BCUT2D eigenvalue weighted by atomic mass is 9.84. The summed E-state index contributed by atoms with van der Waals surface area (Å²) in [7, 11) is 0. The zero-order valence-corrected chi connectivity index (χ0v) is 13.3. The van der Waals surface area contributed by atoms with Gasteiger partial charge < -0.3 is 10.4 Å². The van der Waals surface area contributed by atoms with Crippen molar-refractivity contribution in [2.24, 2.45) is 5.41 Å². The van der Waals surface area contributed by atoms with Gasteiger partial charge in [-0.25, -0.2) is 0 Å². The minimum atomic E-state index is -0.263. The highest BCUT2D eigenvalue weighted by molar-refractivity contribution is 9.10. The van der Waals surface area contributed by atoms with Crippen LogP contribution in [-0.2, 0) is 0 Å². The second-order valence-electron chi connectivity index (χ2n) is 6.41. The average molecular weight is 314 g/mol. The summed E-state index contributed by atoms with van der Waals surface area (Å²) in [5.41, 5.74) is 1.07. The van der Waals surface area contributed by atoms with E-state index in [1.165, 1.54) is 0 Å². The Morgan fingerprint density at radius 1 is 1.06 bits per heavy atom. The third-order valence-corrected chi connectivity index (χ3v) is 3.59. The van der Waals surface area contributed by atoms with Crippen molar-refractivity contribution in [3.8, 4) is 0 Å². The van der Waals surface area contributed by atoms with Crippen molar-refractivity contribution < 1.29 is 5.11 Å². The first-order valence-electron chi connectivity index (χ1n) is 6.39. The first kappa shape index (κ1) is 15.5. The molecule has 1 aromatic rings. The van der Waals surface area contributed by atoms with E-state index in [1.54, 1.807) is 0 Å². The van der Waals surface area contributed by atoms with Crippen LogP contribution in [0.15, 0.2) is 28.7 Å². The summed E-state index contributed by atoms with van der Waals surface area (Å²) in [6.07, 6.45) is 2.02. The Kier molecular flexibility index (Phi) is 5.23. The van der Waals surface area contributed by atoms with Crippen LogP contribution < -0.4 is 5.32 Å². The first-order valence-corrected chi connectivity index (χ1v) is 7.18. The summed E-state index contributed by atoms with van der Waals surface area (Å²) in [6, 6.07) is 8.05. The van der Waals surface area contributed by atoms with Gasteiger partial charge in [-0.1, -0.05) is 36.7 Å².